The van der Waals surface area contributed by atoms with E-state index in [1.165, 1.54) is 22.3 Å². The molecule has 0 fully saturated rings. The maximum absolute atomic E-state index is 6.43. The largest absolute Gasteiger partial charge is 0.456 e. The molecule has 0 saturated carbocycles. The van der Waals surface area contributed by atoms with E-state index in [9.17, 15) is 0 Å². The smallest absolute Gasteiger partial charge is 0.139 e. The van der Waals surface area contributed by atoms with Crippen molar-refractivity contribution in [3.05, 3.63) is 131 Å². The van der Waals surface area contributed by atoms with Gasteiger partial charge >= 0.3 is 0 Å². The van der Waals surface area contributed by atoms with Crippen LogP contribution in [-0.4, -0.2) is 0 Å². The monoisotopic (exact) mass is 438 g/mol. The molecule has 7 aromatic rings. The Bertz CT molecular complexity index is 1660. The van der Waals surface area contributed by atoms with Crippen molar-refractivity contribution in [2.24, 2.45) is 0 Å². The van der Waals surface area contributed by atoms with Crippen LogP contribution in [0.3, 0.4) is 0 Å². The van der Waals surface area contributed by atoms with Gasteiger partial charge in [0.25, 0.3) is 0 Å². The molecule has 7 rings (SSSR count). The average Bonchev–Trinajstić information content (AvgIpc) is 3.43. The van der Waals surface area contributed by atoms with Gasteiger partial charge in [0.2, 0.25) is 0 Å². The minimum absolute atomic E-state index is 0.847. The lowest BCUT2D eigenvalue weighted by molar-refractivity contribution is 0.651. The van der Waals surface area contributed by atoms with E-state index < -0.39 is 0 Å². The van der Waals surface area contributed by atoms with Crippen molar-refractivity contribution in [2.75, 3.05) is 0 Å². The first-order valence-corrected chi connectivity index (χ1v) is 11.7. The quantitative estimate of drug-likeness (QED) is 0.275. The summed E-state index contributed by atoms with van der Waals surface area (Å²) >= 11 is 0. The average molecular weight is 439 g/mol. The molecule has 0 N–H and O–H groups in total. The van der Waals surface area contributed by atoms with Crippen molar-refractivity contribution >= 4 is 43.9 Å². The van der Waals surface area contributed by atoms with Crippen molar-refractivity contribution in [3.63, 3.8) is 0 Å². The highest BCUT2D eigenvalue weighted by atomic mass is 16.3. The third kappa shape index (κ3) is 3.11. The number of rotatable bonds is 4. The summed E-state index contributed by atoms with van der Waals surface area (Å²) in [6.07, 6.45) is 1.69. The molecule has 5 aromatic carbocycles. The topological polar surface area (TPSA) is 26.3 Å². The van der Waals surface area contributed by atoms with E-state index in [1.807, 2.05) is 0 Å². The van der Waals surface area contributed by atoms with E-state index in [4.69, 9.17) is 8.83 Å². The predicted molar refractivity (Wildman–Crippen MR) is 139 cm³/mol. The highest BCUT2D eigenvalue weighted by Gasteiger charge is 2.16. The molecule has 0 aliphatic rings. The summed E-state index contributed by atoms with van der Waals surface area (Å²) in [5.74, 6) is 0. The minimum atomic E-state index is 0.847. The molecule has 0 unspecified atom stereocenters. The maximum atomic E-state index is 6.43. The number of fused-ring (bicyclic) bond motifs is 6. The van der Waals surface area contributed by atoms with Gasteiger partial charge in [0.15, 0.2) is 0 Å². The molecule has 2 aromatic heterocycles. The number of hydrogen-bond acceptors (Lipinski definition) is 2. The van der Waals surface area contributed by atoms with Gasteiger partial charge in [0, 0.05) is 40.5 Å². The van der Waals surface area contributed by atoms with E-state index >= 15 is 0 Å². The first-order valence-electron chi connectivity index (χ1n) is 11.7. The standard InChI is InChI=1S/C32H22O2/c1-3-9-21(10-4-1)17-23-13-7-15-25-27-19-28-26-16-8-14-24(18-22-11-5-2-6-12-22)32(26)34-30(28)20-29(27)33-31(23)25/h1-16,19-20H,17-18H2. The fraction of sp³-hybridized carbons (Fsp3) is 0.0625. The Morgan fingerprint density at radius 3 is 1.35 bits per heavy atom. The molecule has 0 radical (unpaired) electrons. The molecule has 162 valence electrons. The lowest BCUT2D eigenvalue weighted by atomic mass is 10.0. The van der Waals surface area contributed by atoms with Crippen LogP contribution in [0.4, 0.5) is 0 Å². The van der Waals surface area contributed by atoms with Crippen molar-refractivity contribution in [2.45, 2.75) is 12.8 Å². The van der Waals surface area contributed by atoms with Crippen molar-refractivity contribution in [1.82, 2.24) is 0 Å². The maximum Gasteiger partial charge on any atom is 0.139 e. The third-order valence-corrected chi connectivity index (χ3v) is 6.75. The van der Waals surface area contributed by atoms with Crippen LogP contribution in [0.1, 0.15) is 22.3 Å². The SMILES string of the molecule is c1ccc(Cc2cccc3c2oc2cc4oc5c(Cc6ccccc6)cccc5c4cc23)cc1. The van der Waals surface area contributed by atoms with Gasteiger partial charge in [-0.2, -0.15) is 0 Å². The predicted octanol–water partition coefficient (Wildman–Crippen LogP) is 8.67. The molecule has 0 spiro atoms. The molecule has 0 saturated heterocycles. The van der Waals surface area contributed by atoms with Crippen molar-refractivity contribution < 1.29 is 8.83 Å². The Hall–Kier alpha value is -4.30. The highest BCUT2D eigenvalue weighted by Crippen LogP contribution is 2.39. The molecule has 2 nitrogen and oxygen atoms in total. The number of benzene rings is 5. The molecule has 2 heteroatoms. The summed E-state index contributed by atoms with van der Waals surface area (Å²) in [5, 5.41) is 4.57. The van der Waals surface area contributed by atoms with Crippen LogP contribution in [0.2, 0.25) is 0 Å². The molecule has 0 atom stereocenters. The number of hydrogen-bond donors (Lipinski definition) is 0. The molecule has 2 heterocycles. The first-order chi connectivity index (χ1) is 16.8. The van der Waals surface area contributed by atoms with Crippen LogP contribution in [0, 0.1) is 0 Å². The zero-order chi connectivity index (χ0) is 22.5. The zero-order valence-corrected chi connectivity index (χ0v) is 18.6. The number of furan rings is 2. The second-order valence-corrected chi connectivity index (χ2v) is 8.96. The van der Waals surface area contributed by atoms with E-state index in [-0.39, 0.29) is 0 Å². The van der Waals surface area contributed by atoms with Gasteiger partial charge in [-0.1, -0.05) is 97.1 Å². The van der Waals surface area contributed by atoms with Crippen LogP contribution in [0.5, 0.6) is 0 Å². The summed E-state index contributed by atoms with van der Waals surface area (Å²) < 4.78 is 12.9. The van der Waals surface area contributed by atoms with E-state index in [2.05, 4.69) is 109 Å². The van der Waals surface area contributed by atoms with Gasteiger partial charge in [-0.15, -0.1) is 0 Å². The van der Waals surface area contributed by atoms with E-state index in [0.717, 1.165) is 56.7 Å². The normalized spacial score (nSPS) is 11.8. The van der Waals surface area contributed by atoms with Gasteiger partial charge in [-0.25, -0.2) is 0 Å². The summed E-state index contributed by atoms with van der Waals surface area (Å²) in [5.41, 5.74) is 8.62. The summed E-state index contributed by atoms with van der Waals surface area (Å²) in [6, 6.07) is 38.3. The van der Waals surface area contributed by atoms with E-state index in [1.54, 1.807) is 0 Å². The third-order valence-electron chi connectivity index (χ3n) is 6.75. The molecule has 0 aliphatic heterocycles. The van der Waals surface area contributed by atoms with Crippen LogP contribution in [0.15, 0.2) is 118 Å². The minimum Gasteiger partial charge on any atom is -0.456 e. The van der Waals surface area contributed by atoms with Crippen LogP contribution >= 0.6 is 0 Å². The highest BCUT2D eigenvalue weighted by molar-refractivity contribution is 6.15. The Morgan fingerprint density at radius 2 is 0.882 bits per heavy atom. The summed E-state index contributed by atoms with van der Waals surface area (Å²) in [7, 11) is 0. The van der Waals surface area contributed by atoms with Crippen LogP contribution in [-0.2, 0) is 12.8 Å². The van der Waals surface area contributed by atoms with Crippen molar-refractivity contribution in [3.8, 4) is 0 Å². The first kappa shape index (κ1) is 19.2. The van der Waals surface area contributed by atoms with Gasteiger partial charge < -0.3 is 8.83 Å². The Kier molecular flexibility index (Phi) is 4.31. The van der Waals surface area contributed by atoms with Crippen LogP contribution < -0.4 is 0 Å². The summed E-state index contributed by atoms with van der Waals surface area (Å²) in [4.78, 5) is 0. The van der Waals surface area contributed by atoms with Crippen molar-refractivity contribution in [1.29, 1.82) is 0 Å². The number of para-hydroxylation sites is 2. The zero-order valence-electron chi connectivity index (χ0n) is 18.6. The lowest BCUT2D eigenvalue weighted by Crippen LogP contribution is -1.87. The molecule has 0 amide bonds. The van der Waals surface area contributed by atoms with Gasteiger partial charge in [0.05, 0.1) is 0 Å². The second-order valence-electron chi connectivity index (χ2n) is 8.96. The van der Waals surface area contributed by atoms with Gasteiger partial charge in [0.1, 0.15) is 22.3 Å². The Labute approximate surface area is 197 Å². The van der Waals surface area contributed by atoms with Gasteiger partial charge in [-0.3, -0.25) is 0 Å². The molecular weight excluding hydrogens is 416 g/mol. The van der Waals surface area contributed by atoms with Crippen LogP contribution in [0.25, 0.3) is 43.9 Å². The fourth-order valence-electron chi connectivity index (χ4n) is 5.12. The molecular formula is C32H22O2. The Morgan fingerprint density at radius 1 is 0.412 bits per heavy atom. The lowest BCUT2D eigenvalue weighted by Gasteiger charge is -2.02. The fourth-order valence-corrected chi connectivity index (χ4v) is 5.12. The Balaban J connectivity index is 1.39. The molecule has 0 aliphatic carbocycles. The molecule has 0 bridgehead atoms. The molecule has 34 heavy (non-hydrogen) atoms. The second kappa shape index (κ2) is 7.64. The summed E-state index contributed by atoms with van der Waals surface area (Å²) in [6.45, 7) is 0. The van der Waals surface area contributed by atoms with Gasteiger partial charge in [-0.05, 0) is 28.3 Å². The van der Waals surface area contributed by atoms with E-state index in [0.29, 0.717) is 0 Å².